The van der Waals surface area contributed by atoms with E-state index in [0.29, 0.717) is 28.6 Å². The number of ether oxygens (including phenoxy) is 4. The van der Waals surface area contributed by atoms with Gasteiger partial charge in [-0.05, 0) is 12.0 Å². The van der Waals surface area contributed by atoms with Crippen molar-refractivity contribution in [2.24, 2.45) is 5.10 Å². The molecule has 1 heterocycles. The third kappa shape index (κ3) is 4.03. The van der Waals surface area contributed by atoms with Gasteiger partial charge in [-0.25, -0.2) is 5.43 Å². The average molecular weight is 384 g/mol. The van der Waals surface area contributed by atoms with Crippen molar-refractivity contribution < 1.29 is 23.7 Å². The molecule has 0 fully saturated rings. The molecule has 1 amide bonds. The minimum Gasteiger partial charge on any atom is -0.492 e. The fraction of sp³-hybridized carbons (Fsp3) is 0.333. The molecule has 148 valence electrons. The highest BCUT2D eigenvalue weighted by molar-refractivity contribution is 5.91. The smallest absolute Gasteiger partial charge is 0.244 e. The van der Waals surface area contributed by atoms with Crippen LogP contribution in [0.25, 0.3) is 0 Å². The Morgan fingerprint density at radius 1 is 1.14 bits per heavy atom. The highest BCUT2D eigenvalue weighted by atomic mass is 16.7. The molecule has 2 aromatic carbocycles. The number of hydrazone groups is 1. The lowest BCUT2D eigenvalue weighted by molar-refractivity contribution is -0.120. The fourth-order valence-electron chi connectivity index (χ4n) is 3.18. The van der Waals surface area contributed by atoms with Crippen molar-refractivity contribution in [1.82, 2.24) is 5.43 Å². The van der Waals surface area contributed by atoms with E-state index in [-0.39, 0.29) is 19.1 Å². The molecule has 0 saturated carbocycles. The summed E-state index contributed by atoms with van der Waals surface area (Å²) in [4.78, 5) is 12.2. The summed E-state index contributed by atoms with van der Waals surface area (Å²) in [6, 6.07) is 9.50. The molecule has 1 aliphatic rings. The lowest BCUT2D eigenvalue weighted by Gasteiger charge is -2.17. The van der Waals surface area contributed by atoms with E-state index in [1.807, 2.05) is 30.3 Å². The number of nitrogens with one attached hydrogen (secondary N) is 1. The Morgan fingerprint density at radius 3 is 2.46 bits per heavy atom. The summed E-state index contributed by atoms with van der Waals surface area (Å²) in [5.74, 6) is 1.93. The Balaban J connectivity index is 1.87. The summed E-state index contributed by atoms with van der Waals surface area (Å²) in [6.45, 7) is 2.17. The van der Waals surface area contributed by atoms with Gasteiger partial charge in [0.05, 0.1) is 26.9 Å². The number of rotatable bonds is 8. The maximum Gasteiger partial charge on any atom is 0.244 e. The molecule has 28 heavy (non-hydrogen) atoms. The second-order valence-electron chi connectivity index (χ2n) is 6.23. The zero-order valence-corrected chi connectivity index (χ0v) is 16.3. The number of benzene rings is 2. The molecule has 1 N–H and O–H groups in total. The molecule has 0 spiro atoms. The van der Waals surface area contributed by atoms with Crippen LogP contribution < -0.4 is 24.4 Å². The molecule has 1 aliphatic heterocycles. The van der Waals surface area contributed by atoms with Crippen LogP contribution in [0.4, 0.5) is 0 Å². The predicted octanol–water partition coefficient (Wildman–Crippen LogP) is 3.08. The molecule has 7 heteroatoms. The van der Waals surface area contributed by atoms with Gasteiger partial charge in [0.15, 0.2) is 11.5 Å². The van der Waals surface area contributed by atoms with E-state index in [2.05, 4.69) is 17.5 Å². The Kier molecular flexibility index (Phi) is 6.37. The highest BCUT2D eigenvalue weighted by Gasteiger charge is 2.30. The fourth-order valence-corrected chi connectivity index (χ4v) is 3.18. The largest absolute Gasteiger partial charge is 0.492 e. The third-order valence-corrected chi connectivity index (χ3v) is 4.37. The van der Waals surface area contributed by atoms with Gasteiger partial charge >= 0.3 is 0 Å². The number of hydrogen-bond acceptors (Lipinski definition) is 6. The SMILES string of the molecule is CCCc1c(C=NNC(=O)Cc2ccccc2)c(OC)c2c(c1OC)OCO2. The van der Waals surface area contributed by atoms with Crippen LogP contribution in [0.3, 0.4) is 0 Å². The molecule has 0 saturated heterocycles. The van der Waals surface area contributed by atoms with Crippen molar-refractivity contribution in [3.63, 3.8) is 0 Å². The molecule has 7 nitrogen and oxygen atoms in total. The Labute approximate surface area is 164 Å². The zero-order chi connectivity index (χ0) is 19.9. The standard InChI is InChI=1S/C21H24N2O5/c1-4-8-15-16(12-22-23-17(24)11-14-9-6-5-7-10-14)19(26-3)21-20(18(15)25-2)27-13-28-21/h5-7,9-10,12H,4,8,11,13H2,1-3H3,(H,23,24). The molecule has 0 atom stereocenters. The number of methoxy groups -OCH3 is 2. The van der Waals surface area contributed by atoms with Crippen molar-refractivity contribution in [1.29, 1.82) is 0 Å². The monoisotopic (exact) mass is 384 g/mol. The molecule has 2 aromatic rings. The number of hydrogen-bond donors (Lipinski definition) is 1. The van der Waals surface area contributed by atoms with E-state index in [1.54, 1.807) is 20.4 Å². The second-order valence-corrected chi connectivity index (χ2v) is 6.23. The summed E-state index contributed by atoms with van der Waals surface area (Å²) in [7, 11) is 3.15. The van der Waals surface area contributed by atoms with Gasteiger partial charge in [-0.15, -0.1) is 0 Å². The molecule has 0 bridgehead atoms. The quantitative estimate of drug-likeness (QED) is 0.559. The van der Waals surface area contributed by atoms with Gasteiger partial charge in [0.1, 0.15) is 0 Å². The third-order valence-electron chi connectivity index (χ3n) is 4.37. The van der Waals surface area contributed by atoms with Gasteiger partial charge < -0.3 is 18.9 Å². The van der Waals surface area contributed by atoms with Gasteiger partial charge in [0.25, 0.3) is 0 Å². The molecule has 0 unspecified atom stereocenters. The first kappa shape index (κ1) is 19.5. The number of carbonyl (C=O) groups is 1. The summed E-state index contributed by atoms with van der Waals surface area (Å²) in [6.07, 6.45) is 3.44. The van der Waals surface area contributed by atoms with Gasteiger partial charge in [-0.3, -0.25) is 4.79 Å². The number of amides is 1. The summed E-state index contributed by atoms with van der Waals surface area (Å²) in [5.41, 5.74) is 5.08. The normalized spacial score (nSPS) is 12.2. The van der Waals surface area contributed by atoms with E-state index in [9.17, 15) is 4.79 Å². The van der Waals surface area contributed by atoms with Crippen LogP contribution in [0.5, 0.6) is 23.0 Å². The first-order valence-corrected chi connectivity index (χ1v) is 9.11. The topological polar surface area (TPSA) is 78.4 Å². The second kappa shape index (κ2) is 9.12. The lowest BCUT2D eigenvalue weighted by atomic mass is 10.00. The van der Waals surface area contributed by atoms with E-state index >= 15 is 0 Å². The van der Waals surface area contributed by atoms with Gasteiger partial charge in [-0.1, -0.05) is 43.7 Å². The Hall–Kier alpha value is -3.22. The number of fused-ring (bicyclic) bond motifs is 1. The minimum atomic E-state index is -0.203. The summed E-state index contributed by atoms with van der Waals surface area (Å²) in [5, 5.41) is 4.13. The first-order chi connectivity index (χ1) is 13.7. The maximum absolute atomic E-state index is 12.2. The van der Waals surface area contributed by atoms with Crippen molar-refractivity contribution >= 4 is 12.1 Å². The van der Waals surface area contributed by atoms with E-state index in [0.717, 1.165) is 24.0 Å². The van der Waals surface area contributed by atoms with E-state index < -0.39 is 0 Å². The van der Waals surface area contributed by atoms with Gasteiger partial charge in [0, 0.05) is 11.1 Å². The molecule has 0 radical (unpaired) electrons. The Bertz CT molecular complexity index is 865. The lowest BCUT2D eigenvalue weighted by Crippen LogP contribution is -2.20. The molecule has 3 rings (SSSR count). The van der Waals surface area contributed by atoms with Crippen molar-refractivity contribution in [3.05, 3.63) is 47.0 Å². The van der Waals surface area contributed by atoms with Crippen LogP contribution in [-0.4, -0.2) is 33.1 Å². The zero-order valence-electron chi connectivity index (χ0n) is 16.3. The van der Waals surface area contributed by atoms with Crippen LogP contribution in [-0.2, 0) is 17.6 Å². The number of nitrogens with zero attached hydrogens (tertiary/aromatic N) is 1. The summed E-state index contributed by atoms with van der Waals surface area (Å²) >= 11 is 0. The van der Waals surface area contributed by atoms with Crippen LogP contribution in [0, 0.1) is 0 Å². The van der Waals surface area contributed by atoms with Crippen LogP contribution >= 0.6 is 0 Å². The molecule has 0 aromatic heterocycles. The molecular weight excluding hydrogens is 360 g/mol. The van der Waals surface area contributed by atoms with Crippen molar-refractivity contribution in [2.75, 3.05) is 21.0 Å². The van der Waals surface area contributed by atoms with Crippen LogP contribution in [0.1, 0.15) is 30.0 Å². The van der Waals surface area contributed by atoms with E-state index in [4.69, 9.17) is 18.9 Å². The molecule has 0 aliphatic carbocycles. The van der Waals surface area contributed by atoms with Gasteiger partial charge in [0.2, 0.25) is 24.2 Å². The minimum absolute atomic E-state index is 0.0992. The van der Waals surface area contributed by atoms with Crippen LogP contribution in [0.2, 0.25) is 0 Å². The van der Waals surface area contributed by atoms with Crippen LogP contribution in [0.15, 0.2) is 35.4 Å². The predicted molar refractivity (Wildman–Crippen MR) is 106 cm³/mol. The van der Waals surface area contributed by atoms with Crippen molar-refractivity contribution in [2.45, 2.75) is 26.2 Å². The van der Waals surface area contributed by atoms with Crippen molar-refractivity contribution in [3.8, 4) is 23.0 Å². The molecular formula is C21H24N2O5. The summed E-state index contributed by atoms with van der Waals surface area (Å²) < 4.78 is 22.3. The Morgan fingerprint density at radius 2 is 1.82 bits per heavy atom. The average Bonchev–Trinajstić information content (AvgIpc) is 3.18. The maximum atomic E-state index is 12.2. The van der Waals surface area contributed by atoms with E-state index in [1.165, 1.54) is 0 Å². The van der Waals surface area contributed by atoms with Gasteiger partial charge in [-0.2, -0.15) is 5.10 Å². The highest BCUT2D eigenvalue weighted by Crippen LogP contribution is 2.51. The first-order valence-electron chi connectivity index (χ1n) is 9.11. The number of carbonyl (C=O) groups excluding carboxylic acids is 1.